The summed E-state index contributed by atoms with van der Waals surface area (Å²) in [6.07, 6.45) is 0.317. The number of esters is 2. The minimum absolute atomic E-state index is 0.241. The second-order valence-electron chi connectivity index (χ2n) is 6.38. The molecule has 0 aromatic carbocycles. The number of hydrogen-bond donors (Lipinski definition) is 1. The van der Waals surface area contributed by atoms with Crippen LogP contribution in [-0.4, -0.2) is 47.1 Å². The second-order valence-corrected chi connectivity index (χ2v) is 6.38. The molecular weight excluding hydrogens is 276 g/mol. The molecule has 3 aliphatic heterocycles. The van der Waals surface area contributed by atoms with Gasteiger partial charge in [-0.2, -0.15) is 0 Å². The number of ether oxygens (including phenoxy) is 3. The number of fused-ring (bicyclic) bond motifs is 3. The maximum absolute atomic E-state index is 11.9. The first kappa shape index (κ1) is 13.0. The van der Waals surface area contributed by atoms with Crippen molar-refractivity contribution in [3.05, 3.63) is 23.8 Å². The molecule has 6 heteroatoms. The van der Waals surface area contributed by atoms with Crippen molar-refractivity contribution in [3.8, 4) is 0 Å². The molecule has 6 atom stereocenters. The third kappa shape index (κ3) is 1.79. The van der Waals surface area contributed by atoms with Gasteiger partial charge in [-0.1, -0.05) is 6.58 Å². The van der Waals surface area contributed by atoms with E-state index in [0.717, 1.165) is 0 Å². The van der Waals surface area contributed by atoms with E-state index < -0.39 is 35.8 Å². The maximum atomic E-state index is 11.9. The van der Waals surface area contributed by atoms with Crippen LogP contribution >= 0.6 is 0 Å². The molecule has 0 saturated carbocycles. The minimum Gasteiger partial charge on any atom is -0.458 e. The summed E-state index contributed by atoms with van der Waals surface area (Å²) < 4.78 is 16.2. The second kappa shape index (κ2) is 3.96. The van der Waals surface area contributed by atoms with Crippen LogP contribution in [0.25, 0.3) is 0 Å². The van der Waals surface area contributed by atoms with E-state index in [-0.39, 0.29) is 24.1 Å². The zero-order chi connectivity index (χ0) is 14.9. The molecule has 0 unspecified atom stereocenters. The quantitative estimate of drug-likeness (QED) is 0.391. The molecule has 0 radical (unpaired) electrons. The molecule has 1 N–H and O–H groups in total. The van der Waals surface area contributed by atoms with Crippen molar-refractivity contribution in [3.63, 3.8) is 0 Å². The topological polar surface area (TPSA) is 85.4 Å². The summed E-state index contributed by atoms with van der Waals surface area (Å²) in [5.41, 5.74) is 0.186. The molecule has 4 rings (SSSR count). The molecule has 0 aromatic heterocycles. The third-order valence-electron chi connectivity index (χ3n) is 4.88. The molecule has 2 fully saturated rings. The normalized spacial score (nSPS) is 48.0. The van der Waals surface area contributed by atoms with E-state index >= 15 is 0 Å². The lowest BCUT2D eigenvalue weighted by Gasteiger charge is -2.23. The van der Waals surface area contributed by atoms with Crippen LogP contribution in [0.2, 0.25) is 0 Å². The summed E-state index contributed by atoms with van der Waals surface area (Å²) in [5, 5.41) is 10.6. The average molecular weight is 292 g/mol. The SMILES string of the molecule is C=C1C(=O)O[C@H]2CC3=C[C@@H](C[C@@]4(C)O[C@@H]4[C@@H](O)[C@H]12)OC3=O. The van der Waals surface area contributed by atoms with Gasteiger partial charge < -0.3 is 19.3 Å². The Kier molecular flexibility index (Phi) is 2.45. The highest BCUT2D eigenvalue weighted by molar-refractivity contribution is 5.93. The van der Waals surface area contributed by atoms with Crippen LogP contribution in [0.15, 0.2) is 23.8 Å². The van der Waals surface area contributed by atoms with Gasteiger partial charge in [0.05, 0.1) is 17.6 Å². The lowest BCUT2D eigenvalue weighted by molar-refractivity contribution is -0.143. The molecule has 0 aromatic rings. The molecule has 1 aliphatic carbocycles. The summed E-state index contributed by atoms with van der Waals surface area (Å²) in [5.74, 6) is -1.45. The highest BCUT2D eigenvalue weighted by atomic mass is 16.6. The Hall–Kier alpha value is -1.66. The predicted molar refractivity (Wildman–Crippen MR) is 69.0 cm³/mol. The van der Waals surface area contributed by atoms with E-state index in [2.05, 4.69) is 6.58 Å². The minimum atomic E-state index is -0.868. The highest BCUT2D eigenvalue weighted by Crippen LogP contribution is 2.49. The van der Waals surface area contributed by atoms with E-state index in [0.29, 0.717) is 12.0 Å². The Bertz CT molecular complexity index is 593. The largest absolute Gasteiger partial charge is 0.458 e. The van der Waals surface area contributed by atoms with Crippen LogP contribution in [-0.2, 0) is 23.8 Å². The van der Waals surface area contributed by atoms with Crippen LogP contribution in [0.4, 0.5) is 0 Å². The first-order valence-electron chi connectivity index (χ1n) is 7.06. The van der Waals surface area contributed by atoms with Crippen molar-refractivity contribution < 1.29 is 28.9 Å². The Balaban J connectivity index is 1.74. The predicted octanol–water partition coefficient (Wildman–Crippen LogP) is 0.248. The maximum Gasteiger partial charge on any atom is 0.334 e. The van der Waals surface area contributed by atoms with Gasteiger partial charge in [0.25, 0.3) is 0 Å². The molecule has 21 heavy (non-hydrogen) atoms. The smallest absolute Gasteiger partial charge is 0.334 e. The van der Waals surface area contributed by atoms with E-state index in [1.54, 1.807) is 6.08 Å². The van der Waals surface area contributed by atoms with Gasteiger partial charge in [-0.05, 0) is 13.0 Å². The standard InChI is InChI=1S/C15H16O6/c1-6-10-9(20-13(6)17)4-7-3-8(19-14(7)18)5-15(2)12(21-15)11(10)16/h3,8-12,16H,1,4-5H2,2H3/t8-,9-,10+,11-,12+,15+/m0/s1. The molecule has 0 spiro atoms. The zero-order valence-corrected chi connectivity index (χ0v) is 11.6. The summed E-state index contributed by atoms with van der Waals surface area (Å²) in [6.45, 7) is 5.60. The van der Waals surface area contributed by atoms with Gasteiger partial charge in [-0.25, -0.2) is 9.59 Å². The van der Waals surface area contributed by atoms with Crippen LogP contribution in [0, 0.1) is 5.92 Å². The van der Waals surface area contributed by atoms with E-state index in [4.69, 9.17) is 14.2 Å². The van der Waals surface area contributed by atoms with Crippen LogP contribution in [0.5, 0.6) is 0 Å². The Morgan fingerprint density at radius 3 is 2.86 bits per heavy atom. The number of hydrogen-bond acceptors (Lipinski definition) is 6. The summed E-state index contributed by atoms with van der Waals surface area (Å²) >= 11 is 0. The summed E-state index contributed by atoms with van der Waals surface area (Å²) in [7, 11) is 0. The van der Waals surface area contributed by atoms with E-state index in [9.17, 15) is 14.7 Å². The number of rotatable bonds is 0. The van der Waals surface area contributed by atoms with Crippen molar-refractivity contribution in [2.45, 2.75) is 49.8 Å². The zero-order valence-electron chi connectivity index (χ0n) is 11.6. The molecule has 4 aliphatic rings. The van der Waals surface area contributed by atoms with Crippen molar-refractivity contribution >= 4 is 11.9 Å². The number of aliphatic hydroxyl groups excluding tert-OH is 1. The number of carbonyl (C=O) groups is 2. The van der Waals surface area contributed by atoms with Crippen LogP contribution in [0.1, 0.15) is 19.8 Å². The Morgan fingerprint density at radius 2 is 2.10 bits per heavy atom. The molecule has 112 valence electrons. The molecule has 6 nitrogen and oxygen atoms in total. The average Bonchev–Trinajstić information content (AvgIpc) is 2.83. The Labute approximate surface area is 121 Å². The van der Waals surface area contributed by atoms with Crippen molar-refractivity contribution in [2.24, 2.45) is 5.92 Å². The van der Waals surface area contributed by atoms with Gasteiger partial charge in [0.2, 0.25) is 0 Å². The number of aliphatic hydroxyl groups is 1. The molecular formula is C15H16O6. The Morgan fingerprint density at radius 1 is 1.33 bits per heavy atom. The van der Waals surface area contributed by atoms with Gasteiger partial charge in [-0.3, -0.25) is 0 Å². The fourth-order valence-electron chi connectivity index (χ4n) is 3.69. The third-order valence-corrected chi connectivity index (χ3v) is 4.88. The summed E-state index contributed by atoms with van der Waals surface area (Å²) in [6, 6.07) is 0. The first-order valence-corrected chi connectivity index (χ1v) is 7.06. The van der Waals surface area contributed by atoms with E-state index in [1.807, 2.05) is 6.92 Å². The molecule has 0 amide bonds. The first-order chi connectivity index (χ1) is 9.89. The van der Waals surface area contributed by atoms with E-state index in [1.165, 1.54) is 0 Å². The lowest BCUT2D eigenvalue weighted by Crippen LogP contribution is -2.37. The molecule has 2 saturated heterocycles. The van der Waals surface area contributed by atoms with Gasteiger partial charge >= 0.3 is 11.9 Å². The van der Waals surface area contributed by atoms with Gasteiger partial charge in [0, 0.05) is 24.0 Å². The molecule has 3 heterocycles. The van der Waals surface area contributed by atoms with Crippen molar-refractivity contribution in [1.82, 2.24) is 0 Å². The fraction of sp³-hybridized carbons (Fsp3) is 0.600. The molecule has 2 bridgehead atoms. The van der Waals surface area contributed by atoms with Gasteiger partial charge in [0.15, 0.2) is 0 Å². The van der Waals surface area contributed by atoms with Gasteiger partial charge in [0.1, 0.15) is 18.3 Å². The fourth-order valence-corrected chi connectivity index (χ4v) is 3.69. The number of epoxide rings is 1. The van der Waals surface area contributed by atoms with Crippen molar-refractivity contribution in [1.29, 1.82) is 0 Å². The summed E-state index contributed by atoms with van der Waals surface area (Å²) in [4.78, 5) is 23.6. The van der Waals surface area contributed by atoms with Gasteiger partial charge in [-0.15, -0.1) is 0 Å². The van der Waals surface area contributed by atoms with Crippen LogP contribution in [0.3, 0.4) is 0 Å². The number of carbonyl (C=O) groups excluding carboxylic acids is 2. The van der Waals surface area contributed by atoms with Crippen molar-refractivity contribution in [2.75, 3.05) is 0 Å². The lowest BCUT2D eigenvalue weighted by atomic mass is 9.82. The monoisotopic (exact) mass is 292 g/mol. The van der Waals surface area contributed by atoms with Crippen LogP contribution < -0.4 is 0 Å². The highest BCUT2D eigenvalue weighted by Gasteiger charge is 2.62.